The zero-order valence-electron chi connectivity index (χ0n) is 8.04. The Morgan fingerprint density at radius 3 is 2.85 bits per heavy atom. The Kier molecular flexibility index (Phi) is 3.52. The van der Waals surface area contributed by atoms with E-state index in [-0.39, 0.29) is 6.10 Å². The first-order chi connectivity index (χ1) is 6.36. The van der Waals surface area contributed by atoms with Crippen molar-refractivity contribution in [2.24, 2.45) is 5.92 Å². The van der Waals surface area contributed by atoms with Gasteiger partial charge >= 0.3 is 0 Å². The lowest BCUT2D eigenvalue weighted by atomic mass is 10.1. The van der Waals surface area contributed by atoms with E-state index in [1.807, 2.05) is 11.8 Å². The molecule has 2 nitrogen and oxygen atoms in total. The molecule has 0 bridgehead atoms. The summed E-state index contributed by atoms with van der Waals surface area (Å²) < 4.78 is 0. The van der Waals surface area contributed by atoms with Crippen molar-refractivity contribution in [3.8, 4) is 0 Å². The number of nitrogens with one attached hydrogen (secondary N) is 1. The summed E-state index contributed by atoms with van der Waals surface area (Å²) in [6, 6.07) is 0.659. The third-order valence-corrected chi connectivity index (χ3v) is 4.16. The summed E-state index contributed by atoms with van der Waals surface area (Å²) in [7, 11) is 0. The van der Waals surface area contributed by atoms with E-state index in [0.717, 1.165) is 6.54 Å². The van der Waals surface area contributed by atoms with Gasteiger partial charge in [-0.05, 0) is 37.4 Å². The predicted molar refractivity (Wildman–Crippen MR) is 57.1 cm³/mol. The van der Waals surface area contributed by atoms with Crippen LogP contribution in [0, 0.1) is 5.92 Å². The molecule has 0 amide bonds. The van der Waals surface area contributed by atoms with E-state index in [2.05, 4.69) is 5.32 Å². The number of hydrogen-bond donors (Lipinski definition) is 2. The number of hydrogen-bond acceptors (Lipinski definition) is 3. The van der Waals surface area contributed by atoms with E-state index in [1.165, 1.54) is 37.2 Å². The molecular weight excluding hydrogens is 182 g/mol. The van der Waals surface area contributed by atoms with Crippen LogP contribution < -0.4 is 5.32 Å². The molecule has 1 saturated carbocycles. The molecule has 76 valence electrons. The van der Waals surface area contributed by atoms with E-state index in [1.54, 1.807) is 0 Å². The van der Waals surface area contributed by atoms with Gasteiger partial charge in [-0.15, -0.1) is 0 Å². The van der Waals surface area contributed by atoms with Crippen LogP contribution in [-0.4, -0.2) is 35.3 Å². The largest absolute Gasteiger partial charge is 0.392 e. The first kappa shape index (κ1) is 9.81. The van der Waals surface area contributed by atoms with Gasteiger partial charge < -0.3 is 10.4 Å². The lowest BCUT2D eigenvalue weighted by Crippen LogP contribution is -2.39. The van der Waals surface area contributed by atoms with Crippen molar-refractivity contribution >= 4 is 11.8 Å². The molecular formula is C10H19NOS. The van der Waals surface area contributed by atoms with E-state index in [0.29, 0.717) is 12.0 Å². The first-order valence-corrected chi connectivity index (χ1v) is 6.51. The Hall–Kier alpha value is 0.270. The van der Waals surface area contributed by atoms with Crippen molar-refractivity contribution in [3.63, 3.8) is 0 Å². The van der Waals surface area contributed by atoms with Crippen LogP contribution >= 0.6 is 11.8 Å². The second-order valence-electron chi connectivity index (χ2n) is 4.23. The molecule has 2 N–H and O–H groups in total. The maximum absolute atomic E-state index is 9.65. The monoisotopic (exact) mass is 201 g/mol. The van der Waals surface area contributed by atoms with Crippen molar-refractivity contribution in [2.45, 2.75) is 37.8 Å². The standard InChI is InChI=1S/C10H19NOS/c12-10(8-3-4-8)6-11-9-2-1-5-13-7-9/h8-12H,1-7H2. The molecule has 0 aromatic carbocycles. The Labute approximate surface area is 84.5 Å². The van der Waals surface area contributed by atoms with Gasteiger partial charge in [0, 0.05) is 18.3 Å². The van der Waals surface area contributed by atoms with Gasteiger partial charge in [0.2, 0.25) is 0 Å². The lowest BCUT2D eigenvalue weighted by Gasteiger charge is -2.23. The molecule has 0 aromatic rings. The minimum atomic E-state index is -0.0769. The van der Waals surface area contributed by atoms with Gasteiger partial charge in [0.1, 0.15) is 0 Å². The molecule has 1 aliphatic heterocycles. The minimum Gasteiger partial charge on any atom is -0.392 e. The molecule has 13 heavy (non-hydrogen) atoms. The minimum absolute atomic E-state index is 0.0769. The summed E-state index contributed by atoms with van der Waals surface area (Å²) in [5, 5.41) is 13.1. The van der Waals surface area contributed by atoms with Gasteiger partial charge in [0.25, 0.3) is 0 Å². The fourth-order valence-electron chi connectivity index (χ4n) is 1.84. The second kappa shape index (κ2) is 4.67. The molecule has 3 heteroatoms. The molecule has 1 heterocycles. The summed E-state index contributed by atoms with van der Waals surface area (Å²) in [6.07, 6.45) is 5.03. The van der Waals surface area contributed by atoms with E-state index >= 15 is 0 Å². The van der Waals surface area contributed by atoms with Crippen LogP contribution in [0.15, 0.2) is 0 Å². The predicted octanol–water partition coefficient (Wildman–Crippen LogP) is 1.24. The highest BCUT2D eigenvalue weighted by Gasteiger charge is 2.29. The highest BCUT2D eigenvalue weighted by atomic mass is 32.2. The number of aliphatic hydroxyl groups excluding tert-OH is 1. The van der Waals surface area contributed by atoms with Gasteiger partial charge in [-0.1, -0.05) is 0 Å². The molecule has 2 aliphatic rings. The highest BCUT2D eigenvalue weighted by molar-refractivity contribution is 7.99. The fraction of sp³-hybridized carbons (Fsp3) is 1.00. The molecule has 1 aliphatic carbocycles. The molecule has 0 radical (unpaired) electrons. The highest BCUT2D eigenvalue weighted by Crippen LogP contribution is 2.32. The van der Waals surface area contributed by atoms with Gasteiger partial charge in [0.15, 0.2) is 0 Å². The quantitative estimate of drug-likeness (QED) is 0.718. The Morgan fingerprint density at radius 2 is 2.23 bits per heavy atom. The van der Waals surface area contributed by atoms with E-state index in [9.17, 15) is 5.11 Å². The zero-order valence-corrected chi connectivity index (χ0v) is 8.85. The van der Waals surface area contributed by atoms with E-state index in [4.69, 9.17) is 0 Å². The summed E-state index contributed by atoms with van der Waals surface area (Å²) in [5.74, 6) is 3.17. The average molecular weight is 201 g/mol. The van der Waals surface area contributed by atoms with Crippen LogP contribution in [-0.2, 0) is 0 Å². The van der Waals surface area contributed by atoms with Crippen LogP contribution in [0.25, 0.3) is 0 Å². The molecule has 2 fully saturated rings. The van der Waals surface area contributed by atoms with Gasteiger partial charge in [-0.3, -0.25) is 0 Å². The summed E-state index contributed by atoms with van der Waals surface area (Å²) in [5.41, 5.74) is 0. The summed E-state index contributed by atoms with van der Waals surface area (Å²) in [6.45, 7) is 0.815. The number of rotatable bonds is 4. The van der Waals surface area contributed by atoms with Gasteiger partial charge in [-0.25, -0.2) is 0 Å². The fourth-order valence-corrected chi connectivity index (χ4v) is 2.94. The summed E-state index contributed by atoms with van der Waals surface area (Å²) >= 11 is 2.03. The van der Waals surface area contributed by atoms with Crippen LogP contribution in [0.1, 0.15) is 25.7 Å². The van der Waals surface area contributed by atoms with Crippen LogP contribution in [0.3, 0.4) is 0 Å². The van der Waals surface area contributed by atoms with Crippen molar-refractivity contribution in [1.82, 2.24) is 5.32 Å². The maximum Gasteiger partial charge on any atom is 0.0692 e. The SMILES string of the molecule is OC(CNC1CCCSC1)C1CC1. The van der Waals surface area contributed by atoms with Crippen molar-refractivity contribution in [2.75, 3.05) is 18.1 Å². The molecule has 2 rings (SSSR count). The van der Waals surface area contributed by atoms with Crippen molar-refractivity contribution in [1.29, 1.82) is 0 Å². The van der Waals surface area contributed by atoms with Gasteiger partial charge in [0.05, 0.1) is 6.10 Å². The normalized spacial score (nSPS) is 31.6. The maximum atomic E-state index is 9.65. The molecule has 1 saturated heterocycles. The Bertz CT molecular complexity index is 155. The third-order valence-electron chi connectivity index (χ3n) is 2.94. The third kappa shape index (κ3) is 3.15. The van der Waals surface area contributed by atoms with Crippen LogP contribution in [0.4, 0.5) is 0 Å². The number of thioether (sulfide) groups is 1. The van der Waals surface area contributed by atoms with Crippen LogP contribution in [0.5, 0.6) is 0 Å². The number of aliphatic hydroxyl groups is 1. The molecule has 0 spiro atoms. The van der Waals surface area contributed by atoms with Gasteiger partial charge in [-0.2, -0.15) is 11.8 Å². The Morgan fingerprint density at radius 1 is 1.38 bits per heavy atom. The smallest absolute Gasteiger partial charge is 0.0692 e. The van der Waals surface area contributed by atoms with Crippen molar-refractivity contribution < 1.29 is 5.11 Å². The van der Waals surface area contributed by atoms with E-state index < -0.39 is 0 Å². The molecule has 0 aromatic heterocycles. The Balaban J connectivity index is 1.60. The summed E-state index contributed by atoms with van der Waals surface area (Å²) in [4.78, 5) is 0. The zero-order chi connectivity index (χ0) is 9.10. The second-order valence-corrected chi connectivity index (χ2v) is 5.38. The lowest BCUT2D eigenvalue weighted by molar-refractivity contribution is 0.145. The molecule has 2 atom stereocenters. The molecule has 2 unspecified atom stereocenters. The first-order valence-electron chi connectivity index (χ1n) is 5.35. The topological polar surface area (TPSA) is 32.3 Å². The van der Waals surface area contributed by atoms with Crippen molar-refractivity contribution in [3.05, 3.63) is 0 Å². The van der Waals surface area contributed by atoms with Crippen LogP contribution in [0.2, 0.25) is 0 Å². The average Bonchev–Trinajstić information content (AvgIpc) is 2.99.